The molecule has 0 fully saturated rings. The van der Waals surface area contributed by atoms with Crippen molar-refractivity contribution in [1.29, 1.82) is 0 Å². The maximum Gasteiger partial charge on any atom is 0.388 e. The van der Waals surface area contributed by atoms with Crippen LogP contribution in [0.15, 0.2) is 52.8 Å². The molecular formula is C15H19N4O+. The Kier molecular flexibility index (Phi) is 4.30. The van der Waals surface area contributed by atoms with E-state index >= 15 is 0 Å². The first-order chi connectivity index (χ1) is 9.61. The summed E-state index contributed by atoms with van der Waals surface area (Å²) < 4.78 is 1.56. The first-order valence-corrected chi connectivity index (χ1v) is 6.36. The summed E-state index contributed by atoms with van der Waals surface area (Å²) in [6, 6.07) is 11.7. The Morgan fingerprint density at radius 1 is 1.10 bits per heavy atom. The van der Waals surface area contributed by atoms with Gasteiger partial charge in [-0.25, -0.2) is 0 Å². The minimum Gasteiger partial charge on any atom is -0.378 e. The van der Waals surface area contributed by atoms with E-state index in [9.17, 15) is 0 Å². The molecule has 0 aliphatic rings. The maximum absolute atomic E-state index is 5.17. The fourth-order valence-electron chi connectivity index (χ4n) is 1.79. The van der Waals surface area contributed by atoms with Crippen LogP contribution in [0.2, 0.25) is 0 Å². The SMILES string of the molecule is CO[n+]1ccccc1N=Nc1ccc(N(C)C)cc1C. The summed E-state index contributed by atoms with van der Waals surface area (Å²) in [5, 5.41) is 8.52. The van der Waals surface area contributed by atoms with Crippen LogP contribution in [0.3, 0.4) is 0 Å². The summed E-state index contributed by atoms with van der Waals surface area (Å²) in [5.41, 5.74) is 3.08. The molecule has 20 heavy (non-hydrogen) atoms. The zero-order valence-corrected chi connectivity index (χ0v) is 12.2. The lowest BCUT2D eigenvalue weighted by molar-refractivity contribution is -0.875. The third kappa shape index (κ3) is 3.12. The molecule has 104 valence electrons. The van der Waals surface area contributed by atoms with Crippen LogP contribution in [0.1, 0.15) is 5.56 Å². The van der Waals surface area contributed by atoms with E-state index in [0.717, 1.165) is 16.9 Å². The minimum absolute atomic E-state index is 0.645. The van der Waals surface area contributed by atoms with E-state index in [0.29, 0.717) is 5.82 Å². The molecule has 0 atom stereocenters. The smallest absolute Gasteiger partial charge is 0.378 e. The van der Waals surface area contributed by atoms with Crippen LogP contribution in [0.5, 0.6) is 0 Å². The van der Waals surface area contributed by atoms with Gasteiger partial charge >= 0.3 is 5.82 Å². The van der Waals surface area contributed by atoms with Gasteiger partial charge in [0.05, 0.1) is 5.11 Å². The summed E-state index contributed by atoms with van der Waals surface area (Å²) in [6.45, 7) is 2.02. The second-order valence-electron chi connectivity index (χ2n) is 4.63. The van der Waals surface area contributed by atoms with Gasteiger partial charge in [0, 0.05) is 25.8 Å². The highest BCUT2D eigenvalue weighted by Gasteiger charge is 2.09. The molecule has 2 rings (SSSR count). The Hall–Kier alpha value is -2.43. The first-order valence-electron chi connectivity index (χ1n) is 6.36. The van der Waals surface area contributed by atoms with Crippen LogP contribution in [0, 0.1) is 6.92 Å². The summed E-state index contributed by atoms with van der Waals surface area (Å²) in [6.07, 6.45) is 1.79. The molecule has 2 aromatic rings. The first kappa shape index (κ1) is 14.0. The van der Waals surface area contributed by atoms with Crippen molar-refractivity contribution in [2.75, 3.05) is 26.1 Å². The van der Waals surface area contributed by atoms with Crippen LogP contribution in [0.4, 0.5) is 17.2 Å². The fourth-order valence-corrected chi connectivity index (χ4v) is 1.79. The predicted molar refractivity (Wildman–Crippen MR) is 78.8 cm³/mol. The Bertz CT molecular complexity index is 623. The number of aryl methyl sites for hydroxylation is 1. The average molecular weight is 271 g/mol. The van der Waals surface area contributed by atoms with Crippen molar-refractivity contribution >= 4 is 17.2 Å². The number of hydrogen-bond donors (Lipinski definition) is 0. The minimum atomic E-state index is 0.645. The Labute approximate surface area is 119 Å². The van der Waals surface area contributed by atoms with Gasteiger partial charge in [0.25, 0.3) is 0 Å². The molecule has 0 bridgehead atoms. The third-order valence-electron chi connectivity index (χ3n) is 2.96. The summed E-state index contributed by atoms with van der Waals surface area (Å²) in [7, 11) is 5.62. The topological polar surface area (TPSA) is 41.1 Å². The molecule has 0 amide bonds. The lowest BCUT2D eigenvalue weighted by atomic mass is 10.2. The van der Waals surface area contributed by atoms with Gasteiger partial charge < -0.3 is 9.74 Å². The number of anilines is 1. The predicted octanol–water partition coefficient (Wildman–Crippen LogP) is 2.82. The van der Waals surface area contributed by atoms with Crippen LogP contribution < -0.4 is 14.5 Å². The van der Waals surface area contributed by atoms with E-state index in [1.165, 1.54) is 0 Å². The molecule has 0 unspecified atom stereocenters. The average Bonchev–Trinajstić information content (AvgIpc) is 2.46. The van der Waals surface area contributed by atoms with E-state index < -0.39 is 0 Å². The molecule has 1 heterocycles. The third-order valence-corrected chi connectivity index (χ3v) is 2.96. The van der Waals surface area contributed by atoms with Crippen molar-refractivity contribution in [2.45, 2.75) is 6.92 Å². The van der Waals surface area contributed by atoms with Crippen LogP contribution in [0.25, 0.3) is 0 Å². The van der Waals surface area contributed by atoms with Gasteiger partial charge in [-0.1, -0.05) is 0 Å². The normalized spacial score (nSPS) is 10.8. The number of hydrogen-bond acceptors (Lipinski definition) is 4. The van der Waals surface area contributed by atoms with Gasteiger partial charge in [0.1, 0.15) is 19.0 Å². The molecule has 0 aliphatic carbocycles. The van der Waals surface area contributed by atoms with Crippen LogP contribution >= 0.6 is 0 Å². The van der Waals surface area contributed by atoms with Gasteiger partial charge in [-0.2, -0.15) is 0 Å². The summed E-state index contributed by atoms with van der Waals surface area (Å²) in [4.78, 5) is 7.23. The number of aromatic nitrogens is 1. The maximum atomic E-state index is 5.17. The summed E-state index contributed by atoms with van der Waals surface area (Å²) in [5.74, 6) is 0.645. The lowest BCUT2D eigenvalue weighted by Crippen LogP contribution is -2.39. The Morgan fingerprint density at radius 2 is 1.90 bits per heavy atom. The summed E-state index contributed by atoms with van der Waals surface area (Å²) >= 11 is 0. The molecule has 1 aromatic heterocycles. The molecule has 0 saturated carbocycles. The van der Waals surface area contributed by atoms with E-state index in [-0.39, 0.29) is 0 Å². The van der Waals surface area contributed by atoms with Gasteiger partial charge in [-0.05, 0) is 52.7 Å². The number of nitrogens with zero attached hydrogens (tertiary/aromatic N) is 4. The highest BCUT2D eigenvalue weighted by molar-refractivity contribution is 5.56. The molecule has 0 spiro atoms. The van der Waals surface area contributed by atoms with Crippen molar-refractivity contribution in [3.63, 3.8) is 0 Å². The standard InChI is InChI=1S/C15H19N4O/c1-12-11-13(18(2)3)8-9-14(12)16-17-15-7-5-6-10-19(15)20-4/h5-11H,1-4H3/q+1. The number of benzene rings is 1. The highest BCUT2D eigenvalue weighted by Crippen LogP contribution is 2.24. The van der Waals surface area contributed by atoms with Crippen molar-refractivity contribution in [2.24, 2.45) is 10.2 Å². The molecule has 0 aliphatic heterocycles. The second kappa shape index (κ2) is 6.14. The van der Waals surface area contributed by atoms with Crippen LogP contribution in [-0.4, -0.2) is 21.2 Å². The molecule has 0 saturated heterocycles. The number of pyridine rings is 1. The molecule has 5 heteroatoms. The van der Waals surface area contributed by atoms with Crippen molar-refractivity contribution < 1.29 is 9.57 Å². The van der Waals surface area contributed by atoms with E-state index in [4.69, 9.17) is 4.84 Å². The highest BCUT2D eigenvalue weighted by atomic mass is 16.6. The van der Waals surface area contributed by atoms with Gasteiger partial charge in [0.15, 0.2) is 0 Å². The number of azo groups is 1. The van der Waals surface area contributed by atoms with Gasteiger partial charge in [-0.3, -0.25) is 0 Å². The lowest BCUT2D eigenvalue weighted by Gasteiger charge is -2.12. The quantitative estimate of drug-likeness (QED) is 0.634. The largest absolute Gasteiger partial charge is 0.388 e. The zero-order chi connectivity index (χ0) is 14.5. The van der Waals surface area contributed by atoms with Gasteiger partial charge in [-0.15, -0.1) is 0 Å². The molecule has 1 aromatic carbocycles. The Morgan fingerprint density at radius 3 is 2.55 bits per heavy atom. The number of rotatable bonds is 4. The van der Waals surface area contributed by atoms with Crippen LogP contribution in [-0.2, 0) is 0 Å². The monoisotopic (exact) mass is 271 g/mol. The molecular weight excluding hydrogens is 252 g/mol. The van der Waals surface area contributed by atoms with Crippen molar-refractivity contribution in [1.82, 2.24) is 0 Å². The molecule has 5 nitrogen and oxygen atoms in total. The second-order valence-corrected chi connectivity index (χ2v) is 4.63. The fraction of sp³-hybridized carbons (Fsp3) is 0.267. The van der Waals surface area contributed by atoms with Crippen molar-refractivity contribution in [3.05, 3.63) is 48.2 Å². The van der Waals surface area contributed by atoms with E-state index in [2.05, 4.69) is 21.2 Å². The molecule has 0 radical (unpaired) electrons. The van der Waals surface area contributed by atoms with Crippen molar-refractivity contribution in [3.8, 4) is 0 Å². The molecule has 0 N–H and O–H groups in total. The van der Waals surface area contributed by atoms with Gasteiger partial charge in [0.2, 0.25) is 0 Å². The zero-order valence-electron chi connectivity index (χ0n) is 12.2. The van der Waals surface area contributed by atoms with E-state index in [1.807, 2.05) is 51.4 Å². The Balaban J connectivity index is 2.27. The van der Waals surface area contributed by atoms with E-state index in [1.54, 1.807) is 18.0 Å².